The molecule has 0 N–H and O–H groups in total. The third-order valence-corrected chi connectivity index (χ3v) is 3.73. The Bertz CT molecular complexity index is 360. The number of amides is 1. The molecule has 1 aliphatic rings. The first kappa shape index (κ1) is 11.9. The molecule has 1 fully saturated rings. The lowest BCUT2D eigenvalue weighted by Gasteiger charge is -2.35. The monoisotopic (exact) mass is 305 g/mol. The smallest absolute Gasteiger partial charge is 0.267 e. The number of halogens is 1. The van der Waals surface area contributed by atoms with E-state index in [0.717, 1.165) is 16.9 Å². The van der Waals surface area contributed by atoms with E-state index < -0.39 is 0 Å². The number of carbonyl (C=O) groups excluding carboxylic acids is 1. The Kier molecular flexibility index (Phi) is 3.88. The van der Waals surface area contributed by atoms with Crippen molar-refractivity contribution in [2.75, 3.05) is 18.4 Å². The third kappa shape index (κ3) is 2.58. The van der Waals surface area contributed by atoms with Gasteiger partial charge in [0.1, 0.15) is 4.88 Å². The van der Waals surface area contributed by atoms with Gasteiger partial charge in [0.2, 0.25) is 0 Å². The Balaban J connectivity index is 2.06. The van der Waals surface area contributed by atoms with Crippen LogP contribution in [-0.4, -0.2) is 51.0 Å². The van der Waals surface area contributed by atoms with Crippen LogP contribution in [0.1, 0.15) is 16.6 Å². The molecule has 1 aromatic rings. The predicted octanol–water partition coefficient (Wildman–Crippen LogP) is 1.16. The highest BCUT2D eigenvalue weighted by Gasteiger charge is 2.29. The lowest BCUT2D eigenvalue weighted by Crippen LogP contribution is -2.49. The number of aromatic nitrogens is 2. The van der Waals surface area contributed by atoms with Gasteiger partial charge in [-0.1, -0.05) is 20.4 Å². The zero-order valence-electron chi connectivity index (χ0n) is 8.80. The summed E-state index contributed by atoms with van der Waals surface area (Å²) in [6.07, 6.45) is 1.64. The standard InChI is InChI=1S/C9H12BrN3O2S/c1-6-4-13(5-7(2-10)15-6)9(14)8-3-11-12-16-8/h3,6-7H,2,4-5H2,1H3. The number of ether oxygens (including phenoxy) is 1. The van der Waals surface area contributed by atoms with Crippen molar-refractivity contribution < 1.29 is 9.53 Å². The fourth-order valence-electron chi connectivity index (χ4n) is 1.71. The molecule has 2 unspecified atom stereocenters. The van der Waals surface area contributed by atoms with E-state index in [1.807, 2.05) is 6.92 Å². The molecule has 0 aromatic carbocycles. The number of nitrogens with zero attached hydrogens (tertiary/aromatic N) is 3. The molecule has 0 saturated carbocycles. The topological polar surface area (TPSA) is 55.3 Å². The van der Waals surface area contributed by atoms with Crippen LogP contribution in [0, 0.1) is 0 Å². The van der Waals surface area contributed by atoms with Gasteiger partial charge in [-0.05, 0) is 18.5 Å². The van der Waals surface area contributed by atoms with Gasteiger partial charge in [-0.25, -0.2) is 0 Å². The summed E-state index contributed by atoms with van der Waals surface area (Å²) in [7, 11) is 0. The van der Waals surface area contributed by atoms with Crippen LogP contribution >= 0.6 is 27.5 Å². The molecule has 2 rings (SSSR count). The minimum atomic E-state index is -0.00361. The van der Waals surface area contributed by atoms with Crippen LogP contribution in [0.3, 0.4) is 0 Å². The number of carbonyl (C=O) groups is 1. The number of alkyl halides is 1. The number of hydrogen-bond donors (Lipinski definition) is 0. The summed E-state index contributed by atoms with van der Waals surface area (Å²) in [6.45, 7) is 3.21. The second kappa shape index (κ2) is 5.20. The van der Waals surface area contributed by atoms with Crippen molar-refractivity contribution in [1.82, 2.24) is 14.5 Å². The van der Waals surface area contributed by atoms with E-state index in [-0.39, 0.29) is 18.1 Å². The molecule has 0 aliphatic carbocycles. The highest BCUT2D eigenvalue weighted by atomic mass is 79.9. The first-order chi connectivity index (χ1) is 7.70. The highest BCUT2D eigenvalue weighted by molar-refractivity contribution is 9.09. The Hall–Kier alpha value is -0.530. The zero-order valence-corrected chi connectivity index (χ0v) is 11.2. The molecular weight excluding hydrogens is 294 g/mol. The van der Waals surface area contributed by atoms with Crippen LogP contribution in [0.15, 0.2) is 6.20 Å². The largest absolute Gasteiger partial charge is 0.371 e. The first-order valence-corrected chi connectivity index (χ1v) is 6.88. The summed E-state index contributed by atoms with van der Waals surface area (Å²) in [5.74, 6) is -0.00361. The van der Waals surface area contributed by atoms with E-state index in [1.165, 1.54) is 6.20 Å². The van der Waals surface area contributed by atoms with E-state index in [0.29, 0.717) is 18.0 Å². The van der Waals surface area contributed by atoms with Crippen molar-refractivity contribution in [1.29, 1.82) is 0 Å². The fourth-order valence-corrected chi connectivity index (χ4v) is 2.55. The normalized spacial score (nSPS) is 25.8. The van der Waals surface area contributed by atoms with E-state index in [1.54, 1.807) is 4.90 Å². The maximum absolute atomic E-state index is 12.1. The molecule has 1 saturated heterocycles. The van der Waals surface area contributed by atoms with Crippen LogP contribution in [0.25, 0.3) is 0 Å². The van der Waals surface area contributed by atoms with Gasteiger partial charge in [0, 0.05) is 18.4 Å². The molecule has 0 spiro atoms. The van der Waals surface area contributed by atoms with Gasteiger partial charge in [0.25, 0.3) is 5.91 Å². The number of morpholine rings is 1. The predicted molar refractivity (Wildman–Crippen MR) is 63.9 cm³/mol. The minimum Gasteiger partial charge on any atom is -0.371 e. The molecule has 0 radical (unpaired) electrons. The average molecular weight is 306 g/mol. The summed E-state index contributed by atoms with van der Waals surface area (Å²) in [5.41, 5.74) is 0. The molecule has 1 aromatic heterocycles. The van der Waals surface area contributed by atoms with E-state index in [9.17, 15) is 4.79 Å². The van der Waals surface area contributed by atoms with Crippen molar-refractivity contribution in [2.45, 2.75) is 19.1 Å². The molecule has 88 valence electrons. The first-order valence-electron chi connectivity index (χ1n) is 4.98. The van der Waals surface area contributed by atoms with Crippen molar-refractivity contribution in [3.05, 3.63) is 11.1 Å². The second-order valence-corrected chi connectivity index (χ2v) is 5.15. The molecule has 16 heavy (non-hydrogen) atoms. The van der Waals surface area contributed by atoms with Crippen LogP contribution < -0.4 is 0 Å². The fraction of sp³-hybridized carbons (Fsp3) is 0.667. The van der Waals surface area contributed by atoms with Gasteiger partial charge in [-0.2, -0.15) is 0 Å². The Morgan fingerprint density at radius 1 is 1.75 bits per heavy atom. The second-order valence-electron chi connectivity index (χ2n) is 3.71. The van der Waals surface area contributed by atoms with Crippen molar-refractivity contribution in [2.24, 2.45) is 0 Å². The lowest BCUT2D eigenvalue weighted by molar-refractivity contribution is -0.0558. The average Bonchev–Trinajstić information content (AvgIpc) is 2.80. The molecule has 7 heteroatoms. The summed E-state index contributed by atoms with van der Waals surface area (Å²) in [4.78, 5) is 14.4. The maximum atomic E-state index is 12.1. The van der Waals surface area contributed by atoms with Crippen LogP contribution in [0.2, 0.25) is 0 Å². The molecule has 0 bridgehead atoms. The van der Waals surface area contributed by atoms with Crippen LogP contribution in [0.4, 0.5) is 0 Å². The molecule has 5 nitrogen and oxygen atoms in total. The molecular formula is C9H12BrN3O2S. The van der Waals surface area contributed by atoms with Gasteiger partial charge in [0.15, 0.2) is 0 Å². The van der Waals surface area contributed by atoms with Crippen LogP contribution in [0.5, 0.6) is 0 Å². The van der Waals surface area contributed by atoms with Crippen molar-refractivity contribution in [3.8, 4) is 0 Å². The van der Waals surface area contributed by atoms with E-state index in [2.05, 4.69) is 25.5 Å². The van der Waals surface area contributed by atoms with E-state index in [4.69, 9.17) is 4.74 Å². The highest BCUT2D eigenvalue weighted by Crippen LogP contribution is 2.16. The van der Waals surface area contributed by atoms with Gasteiger partial charge in [0.05, 0.1) is 18.4 Å². The molecule has 1 amide bonds. The van der Waals surface area contributed by atoms with Crippen molar-refractivity contribution in [3.63, 3.8) is 0 Å². The van der Waals surface area contributed by atoms with Gasteiger partial charge >= 0.3 is 0 Å². The van der Waals surface area contributed by atoms with Crippen molar-refractivity contribution >= 4 is 33.4 Å². The Labute approximate surface area is 106 Å². The Morgan fingerprint density at radius 3 is 3.19 bits per heavy atom. The summed E-state index contributed by atoms with van der Waals surface area (Å²) >= 11 is 4.51. The quantitative estimate of drug-likeness (QED) is 0.770. The van der Waals surface area contributed by atoms with Gasteiger partial charge in [-0.3, -0.25) is 4.79 Å². The number of hydrogen-bond acceptors (Lipinski definition) is 5. The molecule has 1 aliphatic heterocycles. The minimum absolute atomic E-state index is 0.00361. The Morgan fingerprint density at radius 2 is 2.56 bits per heavy atom. The van der Waals surface area contributed by atoms with E-state index >= 15 is 0 Å². The van der Waals surface area contributed by atoms with Crippen LogP contribution in [-0.2, 0) is 4.74 Å². The summed E-state index contributed by atoms with van der Waals surface area (Å²) < 4.78 is 9.36. The lowest BCUT2D eigenvalue weighted by atomic mass is 10.2. The van der Waals surface area contributed by atoms with Gasteiger partial charge < -0.3 is 9.64 Å². The third-order valence-electron chi connectivity index (χ3n) is 2.36. The maximum Gasteiger partial charge on any atom is 0.267 e. The summed E-state index contributed by atoms with van der Waals surface area (Å²) in [5, 5.41) is 4.41. The SMILES string of the molecule is CC1CN(C(=O)c2cnns2)CC(CBr)O1. The summed E-state index contributed by atoms with van der Waals surface area (Å²) in [6, 6.07) is 0. The van der Waals surface area contributed by atoms with Gasteiger partial charge in [-0.15, -0.1) is 5.10 Å². The zero-order chi connectivity index (χ0) is 11.5. The number of rotatable bonds is 2. The molecule has 2 atom stereocenters. The molecule has 2 heterocycles.